The summed E-state index contributed by atoms with van der Waals surface area (Å²) in [5.41, 5.74) is 2.76. The molecule has 18 heavy (non-hydrogen) atoms. The Morgan fingerprint density at radius 3 is 2.61 bits per heavy atom. The highest BCUT2D eigenvalue weighted by molar-refractivity contribution is 7.13. The van der Waals surface area contributed by atoms with Crippen LogP contribution >= 0.6 is 11.3 Å². The SMILES string of the molecule is Cn1nccc1-c1nc(-c2ccc(F)cc2)cs1. The van der Waals surface area contributed by atoms with Gasteiger partial charge in [-0.15, -0.1) is 11.3 Å². The van der Waals surface area contributed by atoms with Gasteiger partial charge in [0, 0.05) is 24.2 Å². The van der Waals surface area contributed by atoms with Crippen molar-refractivity contribution in [3.05, 3.63) is 47.7 Å². The lowest BCUT2D eigenvalue weighted by molar-refractivity contribution is 0.628. The van der Waals surface area contributed by atoms with E-state index in [0.29, 0.717) is 0 Å². The minimum atomic E-state index is -0.235. The third-order valence-electron chi connectivity index (χ3n) is 2.68. The van der Waals surface area contributed by atoms with Crippen LogP contribution in [0.4, 0.5) is 4.39 Å². The summed E-state index contributed by atoms with van der Waals surface area (Å²) in [6.45, 7) is 0. The van der Waals surface area contributed by atoms with E-state index in [1.54, 1.807) is 34.3 Å². The Morgan fingerprint density at radius 2 is 1.94 bits per heavy atom. The number of aryl methyl sites for hydroxylation is 1. The molecular formula is C13H10FN3S. The fourth-order valence-corrected chi connectivity index (χ4v) is 2.61. The van der Waals surface area contributed by atoms with Gasteiger partial charge in [-0.2, -0.15) is 5.10 Å². The Hall–Kier alpha value is -2.01. The molecule has 0 saturated carbocycles. The molecule has 0 saturated heterocycles. The van der Waals surface area contributed by atoms with Gasteiger partial charge >= 0.3 is 0 Å². The Morgan fingerprint density at radius 1 is 1.17 bits per heavy atom. The van der Waals surface area contributed by atoms with E-state index in [2.05, 4.69) is 10.1 Å². The second-order valence-electron chi connectivity index (χ2n) is 3.88. The molecule has 90 valence electrons. The Bertz CT molecular complexity index is 670. The lowest BCUT2D eigenvalue weighted by Gasteiger charge is -1.97. The number of halogens is 1. The molecule has 0 aliphatic rings. The first-order valence-electron chi connectivity index (χ1n) is 5.44. The van der Waals surface area contributed by atoms with Gasteiger partial charge in [0.15, 0.2) is 0 Å². The second-order valence-corrected chi connectivity index (χ2v) is 4.74. The van der Waals surface area contributed by atoms with Gasteiger partial charge in [-0.3, -0.25) is 4.68 Å². The largest absolute Gasteiger partial charge is 0.266 e. The summed E-state index contributed by atoms with van der Waals surface area (Å²) in [7, 11) is 1.88. The van der Waals surface area contributed by atoms with Gasteiger partial charge < -0.3 is 0 Å². The van der Waals surface area contributed by atoms with Gasteiger partial charge in [0.05, 0.1) is 11.4 Å². The molecule has 0 fully saturated rings. The molecule has 5 heteroatoms. The molecule has 3 nitrogen and oxygen atoms in total. The smallest absolute Gasteiger partial charge is 0.142 e. The van der Waals surface area contributed by atoms with Gasteiger partial charge in [0.1, 0.15) is 10.8 Å². The lowest BCUT2D eigenvalue weighted by atomic mass is 10.2. The van der Waals surface area contributed by atoms with E-state index in [0.717, 1.165) is 22.0 Å². The number of hydrogen-bond acceptors (Lipinski definition) is 3. The van der Waals surface area contributed by atoms with E-state index in [9.17, 15) is 4.39 Å². The maximum Gasteiger partial charge on any atom is 0.142 e. The zero-order chi connectivity index (χ0) is 12.5. The van der Waals surface area contributed by atoms with Crippen LogP contribution in [0.5, 0.6) is 0 Å². The van der Waals surface area contributed by atoms with Crippen LogP contribution in [0.15, 0.2) is 41.9 Å². The predicted molar refractivity (Wildman–Crippen MR) is 69.7 cm³/mol. The minimum absolute atomic E-state index is 0.235. The van der Waals surface area contributed by atoms with Crippen molar-refractivity contribution >= 4 is 11.3 Å². The fourth-order valence-electron chi connectivity index (χ4n) is 1.73. The van der Waals surface area contributed by atoms with Crippen LogP contribution in [0.25, 0.3) is 22.0 Å². The van der Waals surface area contributed by atoms with E-state index in [1.807, 2.05) is 18.5 Å². The quantitative estimate of drug-likeness (QED) is 0.706. The van der Waals surface area contributed by atoms with Crippen LogP contribution in [0.3, 0.4) is 0 Å². The van der Waals surface area contributed by atoms with E-state index < -0.39 is 0 Å². The van der Waals surface area contributed by atoms with Crippen molar-refractivity contribution in [2.75, 3.05) is 0 Å². The molecule has 1 aromatic carbocycles. The predicted octanol–water partition coefficient (Wildman–Crippen LogP) is 3.35. The molecule has 0 bridgehead atoms. The van der Waals surface area contributed by atoms with Crippen molar-refractivity contribution in [2.24, 2.45) is 7.05 Å². The number of benzene rings is 1. The average Bonchev–Trinajstić information content (AvgIpc) is 2.98. The summed E-state index contributed by atoms with van der Waals surface area (Å²) >= 11 is 1.55. The standard InChI is InChI=1S/C13H10FN3S/c1-17-12(6-7-15-17)13-16-11(8-18-13)9-2-4-10(14)5-3-9/h2-8H,1H3. The highest BCUT2D eigenvalue weighted by atomic mass is 32.1. The van der Waals surface area contributed by atoms with Crippen molar-refractivity contribution in [3.8, 4) is 22.0 Å². The molecule has 0 radical (unpaired) electrons. The fraction of sp³-hybridized carbons (Fsp3) is 0.0769. The monoisotopic (exact) mass is 259 g/mol. The first-order valence-corrected chi connectivity index (χ1v) is 6.32. The molecule has 0 aliphatic carbocycles. The van der Waals surface area contributed by atoms with Crippen LogP contribution < -0.4 is 0 Å². The van der Waals surface area contributed by atoms with E-state index in [-0.39, 0.29) is 5.82 Å². The molecule has 3 aromatic rings. The lowest BCUT2D eigenvalue weighted by Crippen LogP contribution is -1.92. The average molecular weight is 259 g/mol. The van der Waals surface area contributed by atoms with Crippen molar-refractivity contribution < 1.29 is 4.39 Å². The van der Waals surface area contributed by atoms with Crippen molar-refractivity contribution in [2.45, 2.75) is 0 Å². The second kappa shape index (κ2) is 4.34. The van der Waals surface area contributed by atoms with Gasteiger partial charge in [-0.25, -0.2) is 9.37 Å². The van der Waals surface area contributed by atoms with Crippen LogP contribution in [-0.2, 0) is 7.05 Å². The molecule has 0 N–H and O–H groups in total. The molecule has 0 aliphatic heterocycles. The number of thiazole rings is 1. The normalized spacial score (nSPS) is 10.8. The maximum atomic E-state index is 12.9. The summed E-state index contributed by atoms with van der Waals surface area (Å²) in [5, 5.41) is 7.00. The number of hydrogen-bond donors (Lipinski definition) is 0. The highest BCUT2D eigenvalue weighted by Crippen LogP contribution is 2.28. The molecule has 2 aromatic heterocycles. The third-order valence-corrected chi connectivity index (χ3v) is 3.55. The summed E-state index contributed by atoms with van der Waals surface area (Å²) in [6, 6.07) is 8.28. The zero-order valence-electron chi connectivity index (χ0n) is 9.67. The summed E-state index contributed by atoms with van der Waals surface area (Å²) in [4.78, 5) is 4.55. The third kappa shape index (κ3) is 1.93. The number of aromatic nitrogens is 3. The molecular weight excluding hydrogens is 249 g/mol. The highest BCUT2D eigenvalue weighted by Gasteiger charge is 2.09. The summed E-state index contributed by atoms with van der Waals surface area (Å²) in [6.07, 6.45) is 1.74. The van der Waals surface area contributed by atoms with E-state index in [1.165, 1.54) is 12.1 Å². The van der Waals surface area contributed by atoms with Crippen LogP contribution in [-0.4, -0.2) is 14.8 Å². The molecule has 0 atom stereocenters. The molecule has 0 unspecified atom stereocenters. The minimum Gasteiger partial charge on any atom is -0.266 e. The molecule has 3 rings (SSSR count). The summed E-state index contributed by atoms with van der Waals surface area (Å²) < 4.78 is 14.6. The Balaban J connectivity index is 1.99. The van der Waals surface area contributed by atoms with Gasteiger partial charge in [0.25, 0.3) is 0 Å². The topological polar surface area (TPSA) is 30.7 Å². The van der Waals surface area contributed by atoms with Crippen LogP contribution in [0.2, 0.25) is 0 Å². The number of nitrogens with zero attached hydrogens (tertiary/aromatic N) is 3. The van der Waals surface area contributed by atoms with Crippen LogP contribution in [0.1, 0.15) is 0 Å². The number of rotatable bonds is 2. The summed E-state index contributed by atoms with van der Waals surface area (Å²) in [5.74, 6) is -0.235. The van der Waals surface area contributed by atoms with Gasteiger partial charge in [0.2, 0.25) is 0 Å². The van der Waals surface area contributed by atoms with E-state index >= 15 is 0 Å². The van der Waals surface area contributed by atoms with Crippen molar-refractivity contribution in [1.82, 2.24) is 14.8 Å². The zero-order valence-corrected chi connectivity index (χ0v) is 10.5. The first kappa shape index (κ1) is 11.1. The van der Waals surface area contributed by atoms with Crippen molar-refractivity contribution in [1.29, 1.82) is 0 Å². The molecule has 0 spiro atoms. The molecule has 2 heterocycles. The Kier molecular flexibility index (Phi) is 2.68. The van der Waals surface area contributed by atoms with Crippen LogP contribution in [0, 0.1) is 5.82 Å². The van der Waals surface area contributed by atoms with Gasteiger partial charge in [-0.1, -0.05) is 0 Å². The van der Waals surface area contributed by atoms with E-state index in [4.69, 9.17) is 0 Å². The maximum absolute atomic E-state index is 12.9. The van der Waals surface area contributed by atoms with Gasteiger partial charge in [-0.05, 0) is 30.3 Å². The van der Waals surface area contributed by atoms with Crippen molar-refractivity contribution in [3.63, 3.8) is 0 Å². The first-order chi connectivity index (χ1) is 8.74. The molecule has 0 amide bonds. The Labute approximate surface area is 108 Å².